The first-order chi connectivity index (χ1) is 8.97. The number of benzene rings is 2. The van der Waals surface area contributed by atoms with Gasteiger partial charge in [0.2, 0.25) is 0 Å². The molecule has 0 aliphatic carbocycles. The van der Waals surface area contributed by atoms with E-state index >= 15 is 0 Å². The van der Waals surface area contributed by atoms with Gasteiger partial charge in [0.05, 0.1) is 5.56 Å². The van der Waals surface area contributed by atoms with Crippen LogP contribution in [-0.2, 0) is 0 Å². The highest BCUT2D eigenvalue weighted by molar-refractivity contribution is 9.10. The zero-order valence-corrected chi connectivity index (χ0v) is 11.7. The minimum Gasteiger partial charge on any atom is -0.508 e. The Labute approximate surface area is 118 Å². The van der Waals surface area contributed by atoms with Gasteiger partial charge < -0.3 is 10.4 Å². The lowest BCUT2D eigenvalue weighted by molar-refractivity contribution is 0.102. The van der Waals surface area contributed by atoms with Gasteiger partial charge in [0, 0.05) is 16.2 Å². The maximum Gasteiger partial charge on any atom is 0.258 e. The second-order valence-corrected chi connectivity index (χ2v) is 4.94. The first-order valence-corrected chi connectivity index (χ1v) is 6.32. The molecule has 19 heavy (non-hydrogen) atoms. The Balaban J connectivity index is 2.23. The van der Waals surface area contributed by atoms with Gasteiger partial charge in [0.25, 0.3) is 5.91 Å². The molecule has 5 heteroatoms. The van der Waals surface area contributed by atoms with Crippen LogP contribution in [0, 0.1) is 12.7 Å². The third-order valence-corrected chi connectivity index (χ3v) is 3.48. The molecule has 0 saturated heterocycles. The predicted molar refractivity (Wildman–Crippen MR) is 74.9 cm³/mol. The Morgan fingerprint density at radius 1 is 1.26 bits per heavy atom. The molecule has 2 aromatic carbocycles. The van der Waals surface area contributed by atoms with Crippen molar-refractivity contribution in [3.05, 3.63) is 57.8 Å². The summed E-state index contributed by atoms with van der Waals surface area (Å²) in [7, 11) is 0. The number of phenolic OH excluding ortho intramolecular Hbond substituents is 1. The second kappa shape index (κ2) is 5.40. The van der Waals surface area contributed by atoms with Crippen LogP contribution in [0.5, 0.6) is 5.75 Å². The lowest BCUT2D eigenvalue weighted by Gasteiger charge is -2.08. The highest BCUT2D eigenvalue weighted by atomic mass is 79.9. The molecule has 2 N–H and O–H groups in total. The summed E-state index contributed by atoms with van der Waals surface area (Å²) < 4.78 is 14.4. The van der Waals surface area contributed by atoms with E-state index in [1.807, 2.05) is 13.0 Å². The molecule has 0 aliphatic heterocycles. The molecule has 3 nitrogen and oxygen atoms in total. The molecule has 98 valence electrons. The molecule has 0 fully saturated rings. The molecule has 0 spiro atoms. The van der Waals surface area contributed by atoms with Crippen LogP contribution in [0.2, 0.25) is 0 Å². The lowest BCUT2D eigenvalue weighted by atomic mass is 10.1. The number of carbonyl (C=O) groups excluding carboxylic acids is 1. The summed E-state index contributed by atoms with van der Waals surface area (Å²) in [5, 5.41) is 11.7. The number of aromatic hydroxyl groups is 1. The molecule has 0 bridgehead atoms. The number of phenols is 1. The summed E-state index contributed by atoms with van der Waals surface area (Å²) in [5.74, 6) is -1.54. The summed E-state index contributed by atoms with van der Waals surface area (Å²) in [6.45, 7) is 1.93. The van der Waals surface area contributed by atoms with Crippen LogP contribution in [0.3, 0.4) is 0 Å². The van der Waals surface area contributed by atoms with Gasteiger partial charge in [-0.3, -0.25) is 4.79 Å². The summed E-state index contributed by atoms with van der Waals surface area (Å²) in [4.78, 5) is 11.9. The van der Waals surface area contributed by atoms with Crippen LogP contribution in [0.4, 0.5) is 10.1 Å². The molecule has 0 heterocycles. The zero-order valence-electron chi connectivity index (χ0n) is 10.1. The van der Waals surface area contributed by atoms with Crippen LogP contribution in [0.15, 0.2) is 40.9 Å². The van der Waals surface area contributed by atoms with E-state index in [9.17, 15) is 9.18 Å². The quantitative estimate of drug-likeness (QED) is 0.881. The molecule has 2 rings (SSSR count). The minimum atomic E-state index is -0.760. The summed E-state index contributed by atoms with van der Waals surface area (Å²) in [5.41, 5.74) is 1.48. The molecule has 0 unspecified atom stereocenters. The SMILES string of the molecule is Cc1ccc(NC(=O)c2ccc(O)cc2F)cc1Br. The van der Waals surface area contributed by atoms with E-state index in [0.29, 0.717) is 5.69 Å². The van der Waals surface area contributed by atoms with Crippen LogP contribution in [0.25, 0.3) is 0 Å². The normalized spacial score (nSPS) is 10.3. The van der Waals surface area contributed by atoms with Gasteiger partial charge in [-0.1, -0.05) is 22.0 Å². The van der Waals surface area contributed by atoms with E-state index in [0.717, 1.165) is 16.1 Å². The van der Waals surface area contributed by atoms with Gasteiger partial charge in [0.1, 0.15) is 11.6 Å². The monoisotopic (exact) mass is 323 g/mol. The largest absolute Gasteiger partial charge is 0.508 e. The topological polar surface area (TPSA) is 49.3 Å². The van der Waals surface area contributed by atoms with Crippen molar-refractivity contribution in [3.63, 3.8) is 0 Å². The van der Waals surface area contributed by atoms with Gasteiger partial charge in [-0.25, -0.2) is 4.39 Å². The number of hydrogen-bond acceptors (Lipinski definition) is 2. The Bertz CT molecular complexity index is 643. The first-order valence-electron chi connectivity index (χ1n) is 5.53. The number of anilines is 1. The Morgan fingerprint density at radius 3 is 2.63 bits per heavy atom. The number of carbonyl (C=O) groups is 1. The van der Waals surface area contributed by atoms with E-state index in [1.54, 1.807) is 12.1 Å². The molecular formula is C14H11BrFNO2. The first kappa shape index (κ1) is 13.5. The number of amides is 1. The molecule has 1 amide bonds. The van der Waals surface area contributed by atoms with E-state index in [1.165, 1.54) is 12.1 Å². The van der Waals surface area contributed by atoms with Crippen molar-refractivity contribution in [2.24, 2.45) is 0 Å². The molecule has 0 radical (unpaired) electrons. The predicted octanol–water partition coefficient (Wildman–Crippen LogP) is 3.85. The van der Waals surface area contributed by atoms with Gasteiger partial charge in [0.15, 0.2) is 0 Å². The molecule has 0 atom stereocenters. The van der Waals surface area contributed by atoms with Crippen molar-refractivity contribution in [2.75, 3.05) is 5.32 Å². The van der Waals surface area contributed by atoms with Gasteiger partial charge in [-0.15, -0.1) is 0 Å². The van der Waals surface area contributed by atoms with Crippen molar-refractivity contribution in [1.29, 1.82) is 0 Å². The van der Waals surface area contributed by atoms with E-state index in [2.05, 4.69) is 21.2 Å². The number of rotatable bonds is 2. The Hall–Kier alpha value is -1.88. The summed E-state index contributed by atoms with van der Waals surface area (Å²) in [6.07, 6.45) is 0. The number of halogens is 2. The highest BCUT2D eigenvalue weighted by Gasteiger charge is 2.12. The smallest absolute Gasteiger partial charge is 0.258 e. The average Bonchev–Trinajstić information content (AvgIpc) is 2.33. The van der Waals surface area contributed by atoms with E-state index in [4.69, 9.17) is 5.11 Å². The van der Waals surface area contributed by atoms with E-state index in [-0.39, 0.29) is 11.3 Å². The summed E-state index contributed by atoms with van der Waals surface area (Å²) in [6, 6.07) is 8.72. The Kier molecular flexibility index (Phi) is 3.85. The van der Waals surface area contributed by atoms with Gasteiger partial charge in [-0.05, 0) is 36.8 Å². The van der Waals surface area contributed by atoms with Crippen LogP contribution in [0.1, 0.15) is 15.9 Å². The van der Waals surface area contributed by atoms with Gasteiger partial charge in [-0.2, -0.15) is 0 Å². The van der Waals surface area contributed by atoms with Crippen LogP contribution < -0.4 is 5.32 Å². The van der Waals surface area contributed by atoms with Gasteiger partial charge >= 0.3 is 0 Å². The Morgan fingerprint density at radius 2 is 2.00 bits per heavy atom. The van der Waals surface area contributed by atoms with Crippen LogP contribution in [-0.4, -0.2) is 11.0 Å². The maximum absolute atomic E-state index is 13.5. The minimum absolute atomic E-state index is 0.116. The number of hydrogen-bond donors (Lipinski definition) is 2. The maximum atomic E-state index is 13.5. The summed E-state index contributed by atoms with van der Waals surface area (Å²) >= 11 is 3.36. The molecular weight excluding hydrogens is 313 g/mol. The third kappa shape index (κ3) is 3.12. The zero-order chi connectivity index (χ0) is 14.0. The van der Waals surface area contributed by atoms with E-state index < -0.39 is 11.7 Å². The number of nitrogens with one attached hydrogen (secondary N) is 1. The highest BCUT2D eigenvalue weighted by Crippen LogP contribution is 2.22. The van der Waals surface area contributed by atoms with Crippen molar-refractivity contribution >= 4 is 27.5 Å². The molecule has 0 aromatic heterocycles. The molecule has 0 aliphatic rings. The second-order valence-electron chi connectivity index (χ2n) is 4.08. The van der Waals surface area contributed by atoms with Crippen molar-refractivity contribution in [1.82, 2.24) is 0 Å². The third-order valence-electron chi connectivity index (χ3n) is 2.63. The van der Waals surface area contributed by atoms with Crippen molar-refractivity contribution in [3.8, 4) is 5.75 Å². The molecule has 0 saturated carbocycles. The fourth-order valence-electron chi connectivity index (χ4n) is 1.56. The molecule has 2 aromatic rings. The lowest BCUT2D eigenvalue weighted by Crippen LogP contribution is -2.13. The fraction of sp³-hybridized carbons (Fsp3) is 0.0714. The average molecular weight is 324 g/mol. The number of aryl methyl sites for hydroxylation is 1. The van der Waals surface area contributed by atoms with Crippen molar-refractivity contribution in [2.45, 2.75) is 6.92 Å². The fourth-order valence-corrected chi connectivity index (χ4v) is 1.94. The standard InChI is InChI=1S/C14H11BrFNO2/c1-8-2-3-9(6-12(8)15)17-14(19)11-5-4-10(18)7-13(11)16/h2-7,18H,1H3,(H,17,19). The van der Waals surface area contributed by atoms with Crippen LogP contribution >= 0.6 is 15.9 Å². The van der Waals surface area contributed by atoms with Crippen molar-refractivity contribution < 1.29 is 14.3 Å².